The summed E-state index contributed by atoms with van der Waals surface area (Å²) >= 11 is 0. The summed E-state index contributed by atoms with van der Waals surface area (Å²) in [6.07, 6.45) is 1.60. The normalized spacial score (nSPS) is 21.9. The van der Waals surface area contributed by atoms with Gasteiger partial charge in [0.15, 0.2) is 5.78 Å². The van der Waals surface area contributed by atoms with Crippen molar-refractivity contribution in [3.63, 3.8) is 0 Å². The SMILES string of the molecule is NN1CCCC1C(=O)c1ccccc1F. The lowest BCUT2D eigenvalue weighted by Gasteiger charge is -2.17. The Morgan fingerprint density at radius 1 is 1.47 bits per heavy atom. The number of carbonyl (C=O) groups excluding carboxylic acids is 1. The van der Waals surface area contributed by atoms with Crippen molar-refractivity contribution in [1.29, 1.82) is 0 Å². The number of Topliss-reactive ketones (excluding diaryl/α,β-unsaturated/α-hetero) is 1. The van der Waals surface area contributed by atoms with Gasteiger partial charge >= 0.3 is 0 Å². The second kappa shape index (κ2) is 4.08. The van der Waals surface area contributed by atoms with Crippen molar-refractivity contribution in [1.82, 2.24) is 5.01 Å². The van der Waals surface area contributed by atoms with Crippen LogP contribution in [0, 0.1) is 5.82 Å². The van der Waals surface area contributed by atoms with Gasteiger partial charge < -0.3 is 0 Å². The van der Waals surface area contributed by atoms with Crippen molar-refractivity contribution in [2.75, 3.05) is 6.54 Å². The Bertz CT molecular complexity index is 381. The van der Waals surface area contributed by atoms with Crippen LogP contribution < -0.4 is 5.84 Å². The van der Waals surface area contributed by atoms with E-state index in [1.807, 2.05) is 0 Å². The standard InChI is InChI=1S/C11H13FN2O/c12-9-5-2-1-4-8(9)11(15)10-6-3-7-14(10)13/h1-2,4-5,10H,3,6-7,13H2. The molecule has 2 rings (SSSR count). The number of hydrogen-bond donors (Lipinski definition) is 1. The van der Waals surface area contributed by atoms with E-state index in [-0.39, 0.29) is 17.4 Å². The van der Waals surface area contributed by atoms with Gasteiger partial charge in [0.2, 0.25) is 0 Å². The van der Waals surface area contributed by atoms with Gasteiger partial charge in [0, 0.05) is 6.54 Å². The molecule has 1 aliphatic heterocycles. The van der Waals surface area contributed by atoms with E-state index in [0.717, 1.165) is 6.42 Å². The van der Waals surface area contributed by atoms with Crippen LogP contribution in [0.5, 0.6) is 0 Å². The first-order valence-electron chi connectivity index (χ1n) is 5.00. The molecule has 0 amide bonds. The minimum Gasteiger partial charge on any atom is -0.292 e. The number of rotatable bonds is 2. The third-order valence-electron chi connectivity index (χ3n) is 2.74. The minimum absolute atomic E-state index is 0.139. The lowest BCUT2D eigenvalue weighted by molar-refractivity contribution is 0.0865. The number of hydrogen-bond acceptors (Lipinski definition) is 3. The van der Waals surface area contributed by atoms with Gasteiger partial charge in [-0.25, -0.2) is 9.40 Å². The van der Waals surface area contributed by atoms with Crippen LogP contribution in [0.1, 0.15) is 23.2 Å². The third-order valence-corrected chi connectivity index (χ3v) is 2.74. The van der Waals surface area contributed by atoms with Crippen LogP contribution in [-0.4, -0.2) is 23.4 Å². The summed E-state index contributed by atoms with van der Waals surface area (Å²) in [4.78, 5) is 11.9. The molecule has 1 aromatic carbocycles. The zero-order chi connectivity index (χ0) is 10.8. The zero-order valence-electron chi connectivity index (χ0n) is 8.32. The van der Waals surface area contributed by atoms with Crippen LogP contribution >= 0.6 is 0 Å². The molecule has 1 heterocycles. The maximum absolute atomic E-state index is 13.3. The molecule has 3 nitrogen and oxygen atoms in total. The van der Waals surface area contributed by atoms with Gasteiger partial charge in [-0.05, 0) is 25.0 Å². The number of hydrazine groups is 1. The topological polar surface area (TPSA) is 46.3 Å². The molecule has 0 saturated carbocycles. The fraction of sp³-hybridized carbons (Fsp3) is 0.364. The number of carbonyl (C=O) groups is 1. The molecule has 1 aromatic rings. The molecule has 0 aliphatic carbocycles. The molecule has 0 aromatic heterocycles. The van der Waals surface area contributed by atoms with Crippen LogP contribution in [0.2, 0.25) is 0 Å². The summed E-state index contributed by atoms with van der Waals surface area (Å²) in [5.41, 5.74) is 0.139. The van der Waals surface area contributed by atoms with Gasteiger partial charge in [0.25, 0.3) is 0 Å². The molecule has 15 heavy (non-hydrogen) atoms. The summed E-state index contributed by atoms with van der Waals surface area (Å²) < 4.78 is 13.3. The Balaban J connectivity index is 2.24. The zero-order valence-corrected chi connectivity index (χ0v) is 8.32. The van der Waals surface area contributed by atoms with Crippen molar-refractivity contribution in [3.8, 4) is 0 Å². The van der Waals surface area contributed by atoms with Crippen molar-refractivity contribution in [2.24, 2.45) is 5.84 Å². The van der Waals surface area contributed by atoms with E-state index in [1.54, 1.807) is 12.1 Å². The molecular weight excluding hydrogens is 195 g/mol. The molecule has 2 N–H and O–H groups in total. The van der Waals surface area contributed by atoms with E-state index in [1.165, 1.54) is 17.1 Å². The predicted molar refractivity (Wildman–Crippen MR) is 54.6 cm³/mol. The smallest absolute Gasteiger partial charge is 0.184 e. The van der Waals surface area contributed by atoms with Crippen LogP contribution in [0.4, 0.5) is 4.39 Å². The first kappa shape index (κ1) is 10.3. The summed E-state index contributed by atoms with van der Waals surface area (Å²) in [6.45, 7) is 0.699. The highest BCUT2D eigenvalue weighted by Gasteiger charge is 2.30. The predicted octanol–water partition coefficient (Wildman–Crippen LogP) is 1.35. The minimum atomic E-state index is -0.470. The van der Waals surface area contributed by atoms with Crippen molar-refractivity contribution in [2.45, 2.75) is 18.9 Å². The number of ketones is 1. The first-order chi connectivity index (χ1) is 7.20. The second-order valence-corrected chi connectivity index (χ2v) is 3.74. The van der Waals surface area contributed by atoms with Crippen LogP contribution in [0.25, 0.3) is 0 Å². The maximum atomic E-state index is 13.3. The fourth-order valence-electron chi connectivity index (χ4n) is 1.91. The summed E-state index contributed by atoms with van der Waals surface area (Å²) in [5, 5.41) is 1.49. The Morgan fingerprint density at radius 3 is 2.80 bits per heavy atom. The summed E-state index contributed by atoms with van der Waals surface area (Å²) in [5.74, 6) is 4.97. The molecule has 80 valence electrons. The van der Waals surface area contributed by atoms with Crippen LogP contribution in [-0.2, 0) is 0 Å². The Morgan fingerprint density at radius 2 is 2.20 bits per heavy atom. The van der Waals surface area contributed by atoms with Gasteiger partial charge in [0.05, 0.1) is 11.6 Å². The van der Waals surface area contributed by atoms with E-state index >= 15 is 0 Å². The lowest BCUT2D eigenvalue weighted by Crippen LogP contribution is -2.41. The molecular formula is C11H13FN2O. The van der Waals surface area contributed by atoms with Crippen LogP contribution in [0.15, 0.2) is 24.3 Å². The molecule has 1 aliphatic rings. The molecule has 0 radical (unpaired) electrons. The van der Waals surface area contributed by atoms with Crippen molar-refractivity contribution < 1.29 is 9.18 Å². The van der Waals surface area contributed by atoms with E-state index in [4.69, 9.17) is 5.84 Å². The number of benzene rings is 1. The van der Waals surface area contributed by atoms with Gasteiger partial charge in [-0.2, -0.15) is 0 Å². The van der Waals surface area contributed by atoms with E-state index in [0.29, 0.717) is 13.0 Å². The van der Waals surface area contributed by atoms with Crippen LogP contribution in [0.3, 0.4) is 0 Å². The van der Waals surface area contributed by atoms with Gasteiger partial charge in [-0.1, -0.05) is 12.1 Å². The van der Waals surface area contributed by atoms with Gasteiger partial charge in [-0.3, -0.25) is 10.6 Å². The lowest BCUT2D eigenvalue weighted by atomic mass is 10.0. The molecule has 1 unspecified atom stereocenters. The average molecular weight is 208 g/mol. The highest BCUT2D eigenvalue weighted by Crippen LogP contribution is 2.19. The number of nitrogens with two attached hydrogens (primary N) is 1. The van der Waals surface area contributed by atoms with E-state index < -0.39 is 5.82 Å². The third kappa shape index (κ3) is 1.91. The summed E-state index contributed by atoms with van der Waals surface area (Å²) in [6, 6.07) is 5.67. The molecule has 0 bridgehead atoms. The Kier molecular flexibility index (Phi) is 2.79. The quantitative estimate of drug-likeness (QED) is 0.589. The monoisotopic (exact) mass is 208 g/mol. The highest BCUT2D eigenvalue weighted by molar-refractivity contribution is 6.00. The Hall–Kier alpha value is -1.26. The highest BCUT2D eigenvalue weighted by atomic mass is 19.1. The molecule has 4 heteroatoms. The molecule has 1 fully saturated rings. The van der Waals surface area contributed by atoms with E-state index in [9.17, 15) is 9.18 Å². The van der Waals surface area contributed by atoms with Crippen molar-refractivity contribution >= 4 is 5.78 Å². The molecule has 1 atom stereocenters. The van der Waals surface area contributed by atoms with Gasteiger partial charge in [0.1, 0.15) is 5.82 Å². The Labute approximate surface area is 87.6 Å². The number of nitrogens with zero attached hydrogens (tertiary/aromatic N) is 1. The molecule has 0 spiro atoms. The fourth-order valence-corrected chi connectivity index (χ4v) is 1.91. The largest absolute Gasteiger partial charge is 0.292 e. The van der Waals surface area contributed by atoms with Gasteiger partial charge in [-0.15, -0.1) is 0 Å². The maximum Gasteiger partial charge on any atom is 0.184 e. The number of halogens is 1. The van der Waals surface area contributed by atoms with Crippen molar-refractivity contribution in [3.05, 3.63) is 35.6 Å². The van der Waals surface area contributed by atoms with E-state index in [2.05, 4.69) is 0 Å². The average Bonchev–Trinajstić information content (AvgIpc) is 2.64. The second-order valence-electron chi connectivity index (χ2n) is 3.74. The molecule has 1 saturated heterocycles. The summed E-state index contributed by atoms with van der Waals surface area (Å²) in [7, 11) is 0. The first-order valence-corrected chi connectivity index (χ1v) is 5.00.